The summed E-state index contributed by atoms with van der Waals surface area (Å²) in [6, 6.07) is 26.6. The molecule has 1 aliphatic heterocycles. The number of carbonyl (C=O) groups excluding carboxylic acids is 2. The number of amides is 2. The van der Waals surface area contributed by atoms with E-state index in [1.54, 1.807) is 7.05 Å². The van der Waals surface area contributed by atoms with Crippen LogP contribution in [0.15, 0.2) is 78.9 Å². The molecule has 6 heteroatoms. The minimum Gasteiger partial charge on any atom is -0.351 e. The summed E-state index contributed by atoms with van der Waals surface area (Å²) < 4.78 is 14.0. The molecular weight excluding hydrogens is 577 g/mol. The summed E-state index contributed by atoms with van der Waals surface area (Å²) in [5, 5.41) is 0. The number of ether oxygens (including phenoxy) is 2. The van der Waals surface area contributed by atoms with Crippen LogP contribution in [-0.4, -0.2) is 35.0 Å². The van der Waals surface area contributed by atoms with Gasteiger partial charge in [-0.2, -0.15) is 0 Å². The summed E-state index contributed by atoms with van der Waals surface area (Å²) in [5.74, 6) is -0.0922. The number of imide groups is 1. The van der Waals surface area contributed by atoms with Gasteiger partial charge in [0.1, 0.15) is 17.8 Å². The summed E-state index contributed by atoms with van der Waals surface area (Å²) in [4.78, 5) is 30.2. The fourth-order valence-electron chi connectivity index (χ4n) is 8.33. The summed E-state index contributed by atoms with van der Waals surface area (Å²) in [7, 11) is 1.66. The molecule has 5 nitrogen and oxygen atoms in total. The van der Waals surface area contributed by atoms with Gasteiger partial charge in [0.15, 0.2) is 0 Å². The van der Waals surface area contributed by atoms with Gasteiger partial charge in [0.25, 0.3) is 0 Å². The number of carbonyl (C=O) groups is 2. The van der Waals surface area contributed by atoms with Crippen molar-refractivity contribution in [3.63, 3.8) is 0 Å². The van der Waals surface area contributed by atoms with E-state index in [0.717, 1.165) is 32.2 Å². The van der Waals surface area contributed by atoms with Gasteiger partial charge in [0.05, 0.1) is 12.0 Å². The van der Waals surface area contributed by atoms with Gasteiger partial charge in [-0.3, -0.25) is 14.5 Å². The Morgan fingerprint density at radius 3 is 2.14 bits per heavy atom. The average Bonchev–Trinajstić information content (AvgIpc) is 3.39. The molecule has 2 bridgehead atoms. The van der Waals surface area contributed by atoms with E-state index in [9.17, 15) is 9.59 Å². The molecule has 37 heavy (non-hydrogen) atoms. The molecule has 0 aromatic heterocycles. The molecule has 4 aliphatic carbocycles. The van der Waals surface area contributed by atoms with Gasteiger partial charge >= 0.3 is 0 Å². The number of nitrogens with zero attached hydrogens (tertiary/aromatic N) is 1. The Morgan fingerprint density at radius 1 is 0.865 bits per heavy atom. The number of halogens is 1. The van der Waals surface area contributed by atoms with E-state index in [1.165, 1.54) is 4.90 Å². The molecule has 0 radical (unpaired) electrons. The van der Waals surface area contributed by atoms with Crippen LogP contribution in [0.5, 0.6) is 0 Å². The van der Waals surface area contributed by atoms with E-state index >= 15 is 0 Å². The predicted octanol–water partition coefficient (Wildman–Crippen LogP) is 5.40. The van der Waals surface area contributed by atoms with Crippen LogP contribution in [0.2, 0.25) is 0 Å². The van der Waals surface area contributed by atoms with Gasteiger partial charge in [-0.15, -0.1) is 0 Å². The molecule has 2 amide bonds. The lowest BCUT2D eigenvalue weighted by Crippen LogP contribution is -2.66. The van der Waals surface area contributed by atoms with Crippen molar-refractivity contribution in [3.05, 3.63) is 107 Å². The molecule has 3 atom stereocenters. The zero-order chi connectivity index (χ0) is 25.4. The van der Waals surface area contributed by atoms with E-state index in [-0.39, 0.29) is 30.4 Å². The number of likely N-dealkylation sites (tertiary alicyclic amines) is 1. The number of hydrogen-bond donors (Lipinski definition) is 0. The van der Waals surface area contributed by atoms with Crippen molar-refractivity contribution < 1.29 is 19.1 Å². The summed E-state index contributed by atoms with van der Waals surface area (Å²) in [5.41, 5.74) is 2.29. The Balaban J connectivity index is 1.46. The third kappa shape index (κ3) is 2.66. The Bertz CT molecular complexity index is 1380. The van der Waals surface area contributed by atoms with Crippen LogP contribution in [0.1, 0.15) is 46.6 Å². The molecule has 1 heterocycles. The molecular formula is C31H28INO4. The summed E-state index contributed by atoms with van der Waals surface area (Å²) >= 11 is 2.41. The minimum atomic E-state index is -1.11. The molecule has 0 N–H and O–H groups in total. The lowest BCUT2D eigenvalue weighted by molar-refractivity contribution is -0.217. The van der Waals surface area contributed by atoms with E-state index in [0.29, 0.717) is 19.4 Å². The smallest absolute Gasteiger partial charge is 0.239 e. The maximum atomic E-state index is 14.5. The quantitative estimate of drug-likeness (QED) is 0.124. The Kier molecular flexibility index (Phi) is 5.24. The largest absolute Gasteiger partial charge is 0.351 e. The standard InChI is InChI=1S/C31H28INO4/c1-33-27(34)29-15-21(17-32)16-30(29,28(33)35)31(37-19-36-18-20-9-3-2-4-10-20)24-13-7-5-11-22(24)26(29)23-12-6-8-14-25(23)31/h2-14,21,26H,15-19H2,1H3/t21-,26?,29+,30-,31?/m0/s1. The monoisotopic (exact) mass is 605 g/mol. The SMILES string of the molecule is CN1C(=O)[C@]23C[C@H](CI)C[C@@]2(C1=O)C1(OCOCc2ccccc2)c2ccccc2C3c2ccccc21. The fraction of sp³-hybridized carbons (Fsp3) is 0.355. The van der Waals surface area contributed by atoms with Gasteiger partial charge in [-0.1, -0.05) is 101 Å². The molecule has 188 valence electrons. The normalized spacial score (nSPS) is 32.8. The molecule has 8 rings (SSSR count). The molecule has 0 spiro atoms. The highest BCUT2D eigenvalue weighted by atomic mass is 127. The molecule has 1 saturated carbocycles. The second kappa shape index (κ2) is 8.22. The average molecular weight is 605 g/mol. The first kappa shape index (κ1) is 23.6. The molecule has 3 aromatic carbocycles. The summed E-state index contributed by atoms with van der Waals surface area (Å²) in [6.45, 7) is 0.421. The van der Waals surface area contributed by atoms with Crippen molar-refractivity contribution in [2.24, 2.45) is 16.7 Å². The summed E-state index contributed by atoms with van der Waals surface area (Å²) in [6.07, 6.45) is 1.32. The zero-order valence-electron chi connectivity index (χ0n) is 20.7. The number of alkyl halides is 1. The maximum Gasteiger partial charge on any atom is 0.239 e. The first-order valence-corrected chi connectivity index (χ1v) is 14.4. The van der Waals surface area contributed by atoms with Crippen LogP contribution in [0.25, 0.3) is 0 Å². The maximum absolute atomic E-state index is 14.5. The second-order valence-electron chi connectivity index (χ2n) is 10.9. The van der Waals surface area contributed by atoms with Crippen LogP contribution in [-0.2, 0) is 31.3 Å². The van der Waals surface area contributed by atoms with Gasteiger partial charge in [0.2, 0.25) is 11.8 Å². The van der Waals surface area contributed by atoms with E-state index in [4.69, 9.17) is 9.47 Å². The lowest BCUT2D eigenvalue weighted by Gasteiger charge is -2.62. The third-order valence-electron chi connectivity index (χ3n) is 9.41. The first-order chi connectivity index (χ1) is 18.0. The Hall–Kier alpha value is -2.55. The van der Waals surface area contributed by atoms with Crippen molar-refractivity contribution in [1.29, 1.82) is 0 Å². The lowest BCUT2D eigenvalue weighted by atomic mass is 9.40. The van der Waals surface area contributed by atoms with Crippen LogP contribution in [0.3, 0.4) is 0 Å². The van der Waals surface area contributed by atoms with Gasteiger partial charge < -0.3 is 9.47 Å². The second-order valence-corrected chi connectivity index (χ2v) is 11.7. The van der Waals surface area contributed by atoms with Crippen molar-refractivity contribution in [1.82, 2.24) is 4.90 Å². The van der Waals surface area contributed by atoms with Crippen LogP contribution in [0.4, 0.5) is 0 Å². The number of rotatable bonds is 6. The van der Waals surface area contributed by atoms with Gasteiger partial charge in [0, 0.05) is 17.4 Å². The van der Waals surface area contributed by atoms with Crippen molar-refractivity contribution >= 4 is 34.4 Å². The number of hydrogen-bond acceptors (Lipinski definition) is 4. The van der Waals surface area contributed by atoms with Gasteiger partial charge in [-0.05, 0) is 46.6 Å². The number of benzene rings is 3. The van der Waals surface area contributed by atoms with E-state index < -0.39 is 16.4 Å². The van der Waals surface area contributed by atoms with Crippen molar-refractivity contribution in [2.75, 3.05) is 18.3 Å². The zero-order valence-corrected chi connectivity index (χ0v) is 22.8. The molecule has 2 fully saturated rings. The highest BCUT2D eigenvalue weighted by molar-refractivity contribution is 14.1. The predicted molar refractivity (Wildman–Crippen MR) is 147 cm³/mol. The highest BCUT2D eigenvalue weighted by Gasteiger charge is 2.86. The molecule has 3 aromatic rings. The van der Waals surface area contributed by atoms with Crippen molar-refractivity contribution in [2.45, 2.75) is 31.0 Å². The third-order valence-corrected chi connectivity index (χ3v) is 10.7. The fourth-order valence-corrected chi connectivity index (χ4v) is 8.96. The van der Waals surface area contributed by atoms with E-state index in [1.807, 2.05) is 54.6 Å². The Morgan fingerprint density at radius 2 is 1.49 bits per heavy atom. The van der Waals surface area contributed by atoms with Crippen LogP contribution in [0, 0.1) is 16.7 Å². The first-order valence-electron chi connectivity index (χ1n) is 12.9. The van der Waals surface area contributed by atoms with E-state index in [2.05, 4.69) is 46.9 Å². The van der Waals surface area contributed by atoms with Crippen molar-refractivity contribution in [3.8, 4) is 0 Å². The topological polar surface area (TPSA) is 55.8 Å². The van der Waals surface area contributed by atoms with Gasteiger partial charge in [-0.25, -0.2) is 0 Å². The highest BCUT2D eigenvalue weighted by Crippen LogP contribution is 2.81. The van der Waals surface area contributed by atoms with Crippen LogP contribution < -0.4 is 0 Å². The van der Waals surface area contributed by atoms with Crippen LogP contribution >= 0.6 is 22.6 Å². The molecule has 5 aliphatic rings. The molecule has 1 saturated heterocycles. The molecule has 0 unspecified atom stereocenters. The minimum absolute atomic E-state index is 0.0140. The Labute approximate surface area is 230 Å².